The third kappa shape index (κ3) is 3.09. The fraction of sp³-hybridized carbons (Fsp3) is 0.467. The topological polar surface area (TPSA) is 98.9 Å². The van der Waals surface area contributed by atoms with Crippen LogP contribution in [0.5, 0.6) is 0 Å². The maximum Gasteiger partial charge on any atom is 0.340 e. The van der Waals surface area contributed by atoms with E-state index in [-0.39, 0.29) is 11.6 Å². The van der Waals surface area contributed by atoms with Gasteiger partial charge in [0, 0.05) is 19.0 Å². The first-order valence-corrected chi connectivity index (χ1v) is 9.19. The molecule has 23 heavy (non-hydrogen) atoms. The number of aryl methyl sites for hydroxylation is 1. The van der Waals surface area contributed by atoms with Crippen LogP contribution in [0, 0.1) is 0 Å². The molecule has 0 aliphatic carbocycles. The summed E-state index contributed by atoms with van der Waals surface area (Å²) in [6.07, 6.45) is 2.22. The molecule has 2 N–H and O–H groups in total. The molecule has 1 aromatic heterocycles. The molecule has 1 unspecified atom stereocenters. The van der Waals surface area contributed by atoms with Crippen LogP contribution in [0.4, 0.5) is 0 Å². The molecule has 0 radical (unpaired) electrons. The van der Waals surface area contributed by atoms with Gasteiger partial charge in [-0.25, -0.2) is 18.3 Å². The van der Waals surface area contributed by atoms with Crippen LogP contribution in [-0.2, 0) is 16.4 Å². The van der Waals surface area contributed by atoms with Crippen LogP contribution in [0.25, 0.3) is 0 Å². The Labute approximate surface area is 134 Å². The van der Waals surface area contributed by atoms with Gasteiger partial charge in [-0.3, -0.25) is 4.98 Å². The van der Waals surface area contributed by atoms with Gasteiger partial charge in [-0.2, -0.15) is 9.40 Å². The minimum atomic E-state index is -3.54. The molecular weight excluding hydrogens is 316 g/mol. The zero-order valence-corrected chi connectivity index (χ0v) is 13.8. The number of nitrogens with one attached hydrogen (secondary N) is 2. The van der Waals surface area contributed by atoms with E-state index in [2.05, 4.69) is 15.2 Å². The molecule has 1 atom stereocenters. The summed E-state index contributed by atoms with van der Waals surface area (Å²) in [7, 11) is -3.54. The Morgan fingerprint density at radius 3 is 2.83 bits per heavy atom. The molecule has 8 heteroatoms. The SMILES string of the molecule is CCc1ccccc1S(=O)(=O)N1CCCC(c2n[nH]c(=O)[nH]2)C1. The van der Waals surface area contributed by atoms with Crippen molar-refractivity contribution in [1.82, 2.24) is 19.5 Å². The average Bonchev–Trinajstić information content (AvgIpc) is 3.01. The van der Waals surface area contributed by atoms with E-state index in [1.54, 1.807) is 12.1 Å². The van der Waals surface area contributed by atoms with Crippen LogP contribution < -0.4 is 5.69 Å². The summed E-state index contributed by atoms with van der Waals surface area (Å²) in [5.41, 5.74) is 0.458. The number of hydrogen-bond acceptors (Lipinski definition) is 4. The molecule has 1 aliphatic heterocycles. The molecule has 0 amide bonds. The molecule has 2 heterocycles. The largest absolute Gasteiger partial charge is 0.340 e. The third-order valence-corrected chi connectivity index (χ3v) is 6.23. The minimum absolute atomic E-state index is 0.0914. The number of nitrogens with zero attached hydrogens (tertiary/aromatic N) is 2. The highest BCUT2D eigenvalue weighted by molar-refractivity contribution is 7.89. The molecule has 1 aliphatic rings. The van der Waals surface area contributed by atoms with E-state index >= 15 is 0 Å². The number of aromatic nitrogens is 3. The summed E-state index contributed by atoms with van der Waals surface area (Å²) in [5.74, 6) is 0.435. The molecule has 124 valence electrons. The summed E-state index contributed by atoms with van der Waals surface area (Å²) in [5, 5.41) is 6.29. The molecule has 1 fully saturated rings. The molecule has 1 aromatic carbocycles. The summed E-state index contributed by atoms with van der Waals surface area (Å²) in [4.78, 5) is 14.2. The minimum Gasteiger partial charge on any atom is -0.293 e. The number of hydrogen-bond donors (Lipinski definition) is 2. The number of benzene rings is 1. The van der Waals surface area contributed by atoms with Crippen LogP contribution in [0.15, 0.2) is 34.0 Å². The molecule has 0 saturated carbocycles. The fourth-order valence-electron chi connectivity index (χ4n) is 3.05. The molecule has 0 bridgehead atoms. The van der Waals surface area contributed by atoms with Crippen LogP contribution in [0.2, 0.25) is 0 Å². The first kappa shape index (κ1) is 15.9. The Bertz CT molecular complexity index is 840. The molecule has 2 aromatic rings. The van der Waals surface area contributed by atoms with Crippen molar-refractivity contribution in [2.75, 3.05) is 13.1 Å². The van der Waals surface area contributed by atoms with Crippen molar-refractivity contribution in [3.63, 3.8) is 0 Å². The molecule has 7 nitrogen and oxygen atoms in total. The van der Waals surface area contributed by atoms with E-state index < -0.39 is 10.0 Å². The number of piperidine rings is 1. The smallest absolute Gasteiger partial charge is 0.293 e. The van der Waals surface area contributed by atoms with Crippen LogP contribution in [0.1, 0.15) is 37.1 Å². The predicted octanol–water partition coefficient (Wildman–Crippen LogP) is 1.23. The monoisotopic (exact) mass is 336 g/mol. The van der Waals surface area contributed by atoms with Crippen LogP contribution >= 0.6 is 0 Å². The van der Waals surface area contributed by atoms with Crippen molar-refractivity contribution in [3.05, 3.63) is 46.1 Å². The first-order valence-electron chi connectivity index (χ1n) is 7.75. The Morgan fingerprint density at radius 1 is 1.35 bits per heavy atom. The number of H-pyrrole nitrogens is 2. The van der Waals surface area contributed by atoms with Crippen LogP contribution in [-0.4, -0.2) is 41.0 Å². The van der Waals surface area contributed by atoms with Gasteiger partial charge in [0.2, 0.25) is 10.0 Å². The lowest BCUT2D eigenvalue weighted by atomic mass is 9.99. The average molecular weight is 336 g/mol. The van der Waals surface area contributed by atoms with Crippen molar-refractivity contribution in [1.29, 1.82) is 0 Å². The highest BCUT2D eigenvalue weighted by atomic mass is 32.2. The predicted molar refractivity (Wildman–Crippen MR) is 85.8 cm³/mol. The Hall–Kier alpha value is -1.93. The Kier molecular flexibility index (Phi) is 4.36. The summed E-state index contributed by atoms with van der Waals surface area (Å²) in [6.45, 7) is 2.77. The molecule has 0 spiro atoms. The number of rotatable bonds is 4. The first-order chi connectivity index (χ1) is 11.0. The van der Waals surface area contributed by atoms with E-state index in [1.165, 1.54) is 4.31 Å². The second-order valence-corrected chi connectivity index (χ2v) is 7.63. The second kappa shape index (κ2) is 6.29. The lowest BCUT2D eigenvalue weighted by Gasteiger charge is -2.31. The van der Waals surface area contributed by atoms with Gasteiger partial charge in [-0.1, -0.05) is 25.1 Å². The summed E-state index contributed by atoms with van der Waals surface area (Å²) < 4.78 is 27.5. The summed E-state index contributed by atoms with van der Waals surface area (Å²) >= 11 is 0. The van der Waals surface area contributed by atoms with Gasteiger partial charge in [0.05, 0.1) is 4.90 Å². The molecule has 3 rings (SSSR count). The van der Waals surface area contributed by atoms with E-state index in [1.807, 2.05) is 19.1 Å². The van der Waals surface area contributed by atoms with Gasteiger partial charge in [0.15, 0.2) is 0 Å². The van der Waals surface area contributed by atoms with E-state index in [0.29, 0.717) is 30.2 Å². The van der Waals surface area contributed by atoms with Crippen LogP contribution in [0.3, 0.4) is 0 Å². The third-order valence-electron chi connectivity index (χ3n) is 4.26. The van der Waals surface area contributed by atoms with Gasteiger partial charge in [0.25, 0.3) is 0 Å². The fourth-order valence-corrected chi connectivity index (χ4v) is 4.87. The highest BCUT2D eigenvalue weighted by Crippen LogP contribution is 2.29. The van der Waals surface area contributed by atoms with Gasteiger partial charge in [0.1, 0.15) is 5.82 Å². The quantitative estimate of drug-likeness (QED) is 0.877. The molecular formula is C15H20N4O3S. The van der Waals surface area contributed by atoms with Gasteiger partial charge in [-0.15, -0.1) is 0 Å². The van der Waals surface area contributed by atoms with E-state index in [4.69, 9.17) is 0 Å². The second-order valence-electron chi connectivity index (χ2n) is 5.73. The van der Waals surface area contributed by atoms with Gasteiger partial charge >= 0.3 is 5.69 Å². The maximum atomic E-state index is 13.0. The van der Waals surface area contributed by atoms with E-state index in [0.717, 1.165) is 18.4 Å². The van der Waals surface area contributed by atoms with Crippen molar-refractivity contribution in [2.45, 2.75) is 37.0 Å². The zero-order valence-electron chi connectivity index (χ0n) is 12.9. The van der Waals surface area contributed by atoms with Gasteiger partial charge < -0.3 is 0 Å². The Morgan fingerprint density at radius 2 is 2.13 bits per heavy atom. The van der Waals surface area contributed by atoms with Crippen molar-refractivity contribution in [3.8, 4) is 0 Å². The lowest BCUT2D eigenvalue weighted by molar-refractivity contribution is 0.309. The van der Waals surface area contributed by atoms with Gasteiger partial charge in [-0.05, 0) is 30.9 Å². The van der Waals surface area contributed by atoms with Crippen molar-refractivity contribution in [2.24, 2.45) is 0 Å². The van der Waals surface area contributed by atoms with E-state index in [9.17, 15) is 13.2 Å². The normalized spacial score (nSPS) is 19.8. The molecule has 1 saturated heterocycles. The summed E-state index contributed by atoms with van der Waals surface area (Å²) in [6, 6.07) is 7.11. The van der Waals surface area contributed by atoms with Crippen molar-refractivity contribution >= 4 is 10.0 Å². The zero-order chi connectivity index (χ0) is 16.4. The highest BCUT2D eigenvalue weighted by Gasteiger charge is 2.33. The lowest BCUT2D eigenvalue weighted by Crippen LogP contribution is -2.39. The number of aromatic amines is 2. The standard InChI is InChI=1S/C15H20N4O3S/c1-2-11-6-3-4-8-13(11)23(21,22)19-9-5-7-12(10-19)14-16-15(20)18-17-14/h3-4,6,8,12H,2,5,7,9-10H2,1H3,(H2,16,17,18,20). The van der Waals surface area contributed by atoms with Crippen molar-refractivity contribution < 1.29 is 8.42 Å². The number of sulfonamides is 1. The Balaban J connectivity index is 1.89. The maximum absolute atomic E-state index is 13.0.